The Morgan fingerprint density at radius 2 is 2.08 bits per heavy atom. The van der Waals surface area contributed by atoms with E-state index in [1.165, 1.54) is 6.20 Å². The maximum atomic E-state index is 12.0. The summed E-state index contributed by atoms with van der Waals surface area (Å²) in [6, 6.07) is 0. The zero-order chi connectivity index (χ0) is 18.0. The predicted octanol–water partition coefficient (Wildman–Crippen LogP) is 2.51. The van der Waals surface area contributed by atoms with Gasteiger partial charge in [0.1, 0.15) is 16.4 Å². The summed E-state index contributed by atoms with van der Waals surface area (Å²) in [5, 5.41) is 12.7. The van der Waals surface area contributed by atoms with E-state index in [9.17, 15) is 9.90 Å². The molecule has 1 aliphatic heterocycles. The minimum Gasteiger partial charge on any atom is -0.444 e. The van der Waals surface area contributed by atoms with Gasteiger partial charge < -0.3 is 20.1 Å². The number of nitrogens with zero attached hydrogens (tertiary/aromatic N) is 3. The lowest BCUT2D eigenvalue weighted by Crippen LogP contribution is -2.54. The highest BCUT2D eigenvalue weighted by Crippen LogP contribution is 2.27. The van der Waals surface area contributed by atoms with Crippen molar-refractivity contribution in [3.63, 3.8) is 0 Å². The molecular weight excluding hydrogens is 332 g/mol. The fourth-order valence-corrected chi connectivity index (χ4v) is 2.76. The van der Waals surface area contributed by atoms with Crippen molar-refractivity contribution in [2.45, 2.75) is 58.3 Å². The van der Waals surface area contributed by atoms with Gasteiger partial charge in [0.15, 0.2) is 5.82 Å². The number of halogens is 1. The molecule has 0 unspecified atom stereocenters. The fourth-order valence-electron chi connectivity index (χ4n) is 2.64. The van der Waals surface area contributed by atoms with Gasteiger partial charge in [0.05, 0.1) is 12.8 Å². The molecule has 0 bridgehead atoms. The topological polar surface area (TPSA) is 87.6 Å². The van der Waals surface area contributed by atoms with Crippen LogP contribution >= 0.6 is 11.6 Å². The van der Waals surface area contributed by atoms with Crippen LogP contribution in [-0.4, -0.2) is 45.4 Å². The Bertz CT molecular complexity index is 595. The van der Waals surface area contributed by atoms with E-state index in [4.69, 9.17) is 16.3 Å². The van der Waals surface area contributed by atoms with Crippen LogP contribution in [0.3, 0.4) is 0 Å². The summed E-state index contributed by atoms with van der Waals surface area (Å²) in [6.45, 7) is 8.68. The second-order valence-electron chi connectivity index (χ2n) is 7.30. The highest BCUT2D eigenvalue weighted by Gasteiger charge is 2.34. The molecule has 0 spiro atoms. The third-order valence-electron chi connectivity index (χ3n) is 3.92. The number of aliphatic hydroxyl groups is 1. The first kappa shape index (κ1) is 18.7. The molecule has 1 saturated heterocycles. The smallest absolute Gasteiger partial charge is 0.408 e. The highest BCUT2D eigenvalue weighted by molar-refractivity contribution is 6.29. The molecule has 0 aliphatic carbocycles. The molecule has 0 aromatic carbocycles. The molecule has 2 N–H and O–H groups in total. The Morgan fingerprint density at radius 3 is 2.62 bits per heavy atom. The van der Waals surface area contributed by atoms with Gasteiger partial charge in [-0.3, -0.25) is 4.98 Å². The molecule has 1 aromatic heterocycles. The van der Waals surface area contributed by atoms with Gasteiger partial charge in [0.25, 0.3) is 0 Å². The van der Waals surface area contributed by atoms with E-state index in [2.05, 4.69) is 15.3 Å². The largest absolute Gasteiger partial charge is 0.444 e. The molecule has 134 valence electrons. The zero-order valence-corrected chi connectivity index (χ0v) is 15.4. The van der Waals surface area contributed by atoms with Crippen LogP contribution in [-0.2, 0) is 11.3 Å². The van der Waals surface area contributed by atoms with Gasteiger partial charge in [-0.05, 0) is 40.5 Å². The third kappa shape index (κ3) is 4.95. The lowest BCUT2D eigenvalue weighted by atomic mass is 9.89. The van der Waals surface area contributed by atoms with Gasteiger partial charge in [-0.1, -0.05) is 11.6 Å². The lowest BCUT2D eigenvalue weighted by molar-refractivity contribution is 0.0448. The molecule has 1 fully saturated rings. The summed E-state index contributed by atoms with van der Waals surface area (Å²) in [5.41, 5.74) is -0.360. The number of aromatic nitrogens is 2. The van der Waals surface area contributed by atoms with E-state index in [1.807, 2.05) is 32.6 Å². The van der Waals surface area contributed by atoms with Gasteiger partial charge in [0.2, 0.25) is 0 Å². The standard InChI is InChI=1S/C16H25ClN4O3/c1-15(2,3)24-14(23)20-16(4)5-7-21(8-6-16)13-11(10-22)18-9-12(17)19-13/h9,22H,5-8,10H2,1-4H3,(H,20,23). The number of rotatable bonds is 3. The fraction of sp³-hybridized carbons (Fsp3) is 0.688. The molecule has 8 heteroatoms. The second-order valence-corrected chi connectivity index (χ2v) is 7.68. The van der Waals surface area contributed by atoms with Crippen LogP contribution in [0.2, 0.25) is 5.15 Å². The number of aliphatic hydroxyl groups excluding tert-OH is 1. The van der Waals surface area contributed by atoms with Gasteiger partial charge in [0, 0.05) is 18.6 Å². The van der Waals surface area contributed by atoms with E-state index in [1.54, 1.807) is 0 Å². The van der Waals surface area contributed by atoms with Crippen molar-refractivity contribution in [1.82, 2.24) is 15.3 Å². The van der Waals surface area contributed by atoms with E-state index in [0.717, 1.165) is 12.8 Å². The molecule has 2 rings (SSSR count). The highest BCUT2D eigenvalue weighted by atomic mass is 35.5. The molecule has 0 radical (unpaired) electrons. The van der Waals surface area contributed by atoms with Gasteiger partial charge in [-0.25, -0.2) is 9.78 Å². The summed E-state index contributed by atoms with van der Waals surface area (Å²) in [7, 11) is 0. The van der Waals surface area contributed by atoms with Crippen LogP contribution in [0.25, 0.3) is 0 Å². The number of carbonyl (C=O) groups is 1. The predicted molar refractivity (Wildman–Crippen MR) is 92.2 cm³/mol. The first-order valence-corrected chi connectivity index (χ1v) is 8.38. The van der Waals surface area contributed by atoms with Crippen molar-refractivity contribution in [2.24, 2.45) is 0 Å². The summed E-state index contributed by atoms with van der Waals surface area (Å²) in [6.07, 6.45) is 2.47. The number of ether oxygens (including phenoxy) is 1. The molecular formula is C16H25ClN4O3. The molecule has 1 aliphatic rings. The molecule has 24 heavy (non-hydrogen) atoms. The Labute approximate surface area is 147 Å². The Morgan fingerprint density at radius 1 is 1.46 bits per heavy atom. The molecule has 2 heterocycles. The Kier molecular flexibility index (Phi) is 5.55. The average Bonchev–Trinajstić information content (AvgIpc) is 2.45. The van der Waals surface area contributed by atoms with Crippen molar-refractivity contribution in [1.29, 1.82) is 0 Å². The lowest BCUT2D eigenvalue weighted by Gasteiger charge is -2.40. The maximum absolute atomic E-state index is 12.0. The van der Waals surface area contributed by atoms with Crippen LogP contribution in [0.5, 0.6) is 0 Å². The van der Waals surface area contributed by atoms with E-state index in [0.29, 0.717) is 29.8 Å². The van der Waals surface area contributed by atoms with Crippen molar-refractivity contribution in [3.8, 4) is 0 Å². The van der Waals surface area contributed by atoms with Crippen LogP contribution in [0.1, 0.15) is 46.2 Å². The number of amides is 1. The second kappa shape index (κ2) is 7.11. The molecule has 1 amide bonds. The first-order valence-electron chi connectivity index (χ1n) is 8.00. The minimum atomic E-state index is -0.520. The molecule has 7 nitrogen and oxygen atoms in total. The van der Waals surface area contributed by atoms with Crippen molar-refractivity contribution < 1.29 is 14.6 Å². The number of anilines is 1. The van der Waals surface area contributed by atoms with E-state index >= 15 is 0 Å². The summed E-state index contributed by atoms with van der Waals surface area (Å²) >= 11 is 5.92. The number of carbonyl (C=O) groups excluding carboxylic acids is 1. The van der Waals surface area contributed by atoms with E-state index in [-0.39, 0.29) is 12.1 Å². The molecule has 0 saturated carbocycles. The third-order valence-corrected chi connectivity index (χ3v) is 4.10. The van der Waals surface area contributed by atoms with E-state index < -0.39 is 11.7 Å². The van der Waals surface area contributed by atoms with Gasteiger partial charge in [-0.2, -0.15) is 0 Å². The zero-order valence-electron chi connectivity index (χ0n) is 14.6. The average molecular weight is 357 g/mol. The summed E-state index contributed by atoms with van der Waals surface area (Å²) < 4.78 is 5.33. The van der Waals surface area contributed by atoms with Crippen LogP contribution in [0.15, 0.2) is 6.20 Å². The maximum Gasteiger partial charge on any atom is 0.408 e. The SMILES string of the molecule is CC1(NC(=O)OC(C)(C)C)CCN(c2nc(Cl)cnc2CO)CC1. The quantitative estimate of drug-likeness (QED) is 0.865. The number of piperidine rings is 1. The molecule has 1 aromatic rings. The number of nitrogens with one attached hydrogen (secondary N) is 1. The molecule has 0 atom stereocenters. The Hall–Kier alpha value is -1.60. The Balaban J connectivity index is 2.00. The minimum absolute atomic E-state index is 0.191. The van der Waals surface area contributed by atoms with Crippen LogP contribution in [0.4, 0.5) is 10.6 Å². The van der Waals surface area contributed by atoms with Crippen LogP contribution in [0, 0.1) is 0 Å². The van der Waals surface area contributed by atoms with Crippen molar-refractivity contribution >= 4 is 23.5 Å². The van der Waals surface area contributed by atoms with Gasteiger partial charge >= 0.3 is 6.09 Å². The van der Waals surface area contributed by atoms with Crippen molar-refractivity contribution in [2.75, 3.05) is 18.0 Å². The van der Waals surface area contributed by atoms with Crippen LogP contribution < -0.4 is 10.2 Å². The number of alkyl carbamates (subject to hydrolysis) is 1. The van der Waals surface area contributed by atoms with Gasteiger partial charge in [-0.15, -0.1) is 0 Å². The van der Waals surface area contributed by atoms with Crippen molar-refractivity contribution in [3.05, 3.63) is 17.0 Å². The monoisotopic (exact) mass is 356 g/mol. The number of hydrogen-bond acceptors (Lipinski definition) is 6. The number of hydrogen-bond donors (Lipinski definition) is 2. The summed E-state index contributed by atoms with van der Waals surface area (Å²) in [4.78, 5) is 22.4. The normalized spacial score (nSPS) is 17.5. The first-order chi connectivity index (χ1) is 11.1. The summed E-state index contributed by atoms with van der Waals surface area (Å²) in [5.74, 6) is 0.601.